The molecule has 0 aliphatic heterocycles. The number of amides is 3. The van der Waals surface area contributed by atoms with E-state index in [0.29, 0.717) is 28.6 Å². The Balaban J connectivity index is 0.00000288. The van der Waals surface area contributed by atoms with Gasteiger partial charge in [0.1, 0.15) is 10.7 Å². The lowest BCUT2D eigenvalue weighted by Gasteiger charge is -2.13. The van der Waals surface area contributed by atoms with E-state index in [1.807, 2.05) is 13.8 Å². The van der Waals surface area contributed by atoms with Crippen molar-refractivity contribution in [3.05, 3.63) is 40.3 Å². The first-order valence-electron chi connectivity index (χ1n) is 7.12. The third-order valence-electron chi connectivity index (χ3n) is 2.80. The Bertz CT molecular complexity index is 705. The Hall–Kier alpha value is -2.16. The molecule has 5 N–H and O–H groups in total. The molecular weight excluding hydrogens is 350 g/mol. The van der Waals surface area contributed by atoms with Crippen LogP contribution in [0, 0.1) is 0 Å². The summed E-state index contributed by atoms with van der Waals surface area (Å²) in [7, 11) is 0. The second kappa shape index (κ2) is 9.21. The first-order chi connectivity index (χ1) is 11.0. The molecule has 3 amide bonds. The fourth-order valence-corrected chi connectivity index (χ4v) is 2.47. The molecule has 0 saturated heterocycles. The number of nitrogens with two attached hydrogens (primary N) is 1. The molecular formula is C15H20ClN5O2S. The smallest absolute Gasteiger partial charge is 0.319 e. The van der Waals surface area contributed by atoms with Gasteiger partial charge >= 0.3 is 6.03 Å². The lowest BCUT2D eigenvalue weighted by atomic mass is 10.2. The quantitative estimate of drug-likeness (QED) is 0.649. The molecule has 2 rings (SSSR count). The highest BCUT2D eigenvalue weighted by molar-refractivity contribution is 7.09. The Morgan fingerprint density at radius 2 is 1.83 bits per heavy atom. The van der Waals surface area contributed by atoms with Crippen LogP contribution in [0.5, 0.6) is 0 Å². The van der Waals surface area contributed by atoms with Crippen molar-refractivity contribution >= 4 is 47.1 Å². The van der Waals surface area contributed by atoms with Gasteiger partial charge < -0.3 is 21.7 Å². The van der Waals surface area contributed by atoms with Crippen molar-refractivity contribution in [3.8, 4) is 0 Å². The van der Waals surface area contributed by atoms with Gasteiger partial charge in [0.2, 0.25) is 0 Å². The van der Waals surface area contributed by atoms with Crippen LogP contribution in [0.2, 0.25) is 0 Å². The van der Waals surface area contributed by atoms with Crippen LogP contribution in [0.4, 0.5) is 16.2 Å². The molecule has 0 spiro atoms. The molecule has 7 nitrogen and oxygen atoms in total. The van der Waals surface area contributed by atoms with E-state index in [9.17, 15) is 9.59 Å². The predicted octanol–water partition coefficient (Wildman–Crippen LogP) is 2.81. The maximum atomic E-state index is 12.2. The molecule has 0 saturated carbocycles. The van der Waals surface area contributed by atoms with Crippen LogP contribution in [-0.4, -0.2) is 23.0 Å². The normalized spacial score (nSPS) is 10.0. The number of benzene rings is 1. The van der Waals surface area contributed by atoms with Crippen LogP contribution >= 0.6 is 23.7 Å². The lowest BCUT2D eigenvalue weighted by molar-refractivity contribution is 0.102. The first kappa shape index (κ1) is 19.9. The topological polar surface area (TPSA) is 109 Å². The highest BCUT2D eigenvalue weighted by atomic mass is 35.5. The van der Waals surface area contributed by atoms with E-state index in [-0.39, 0.29) is 30.4 Å². The van der Waals surface area contributed by atoms with E-state index in [2.05, 4.69) is 20.9 Å². The molecule has 0 unspecified atom stereocenters. The van der Waals surface area contributed by atoms with Gasteiger partial charge in [-0.15, -0.1) is 23.7 Å². The van der Waals surface area contributed by atoms with Crippen molar-refractivity contribution in [2.75, 3.05) is 10.6 Å². The van der Waals surface area contributed by atoms with E-state index in [4.69, 9.17) is 5.73 Å². The monoisotopic (exact) mass is 369 g/mol. The van der Waals surface area contributed by atoms with Crippen molar-refractivity contribution in [3.63, 3.8) is 0 Å². The van der Waals surface area contributed by atoms with Gasteiger partial charge in [-0.1, -0.05) is 12.1 Å². The van der Waals surface area contributed by atoms with Crippen LogP contribution in [0.15, 0.2) is 29.6 Å². The lowest BCUT2D eigenvalue weighted by Crippen LogP contribution is -2.34. The van der Waals surface area contributed by atoms with Crippen molar-refractivity contribution in [1.82, 2.24) is 10.3 Å². The number of aromatic nitrogens is 1. The summed E-state index contributed by atoms with van der Waals surface area (Å²) in [5.74, 6) is -0.348. The summed E-state index contributed by atoms with van der Waals surface area (Å²) >= 11 is 1.33. The Kier molecular flexibility index (Phi) is 7.63. The fraction of sp³-hybridized carbons (Fsp3) is 0.267. The SMILES string of the molecule is CC(C)NC(=O)Nc1ccccc1NC(=O)c1csc(CN)n1.Cl. The number of hydrogen-bond donors (Lipinski definition) is 4. The first-order valence-corrected chi connectivity index (χ1v) is 8.00. The molecule has 2 aromatic rings. The average molecular weight is 370 g/mol. The van der Waals surface area contributed by atoms with Gasteiger partial charge in [-0.2, -0.15) is 0 Å². The molecule has 0 aliphatic rings. The molecule has 1 aromatic carbocycles. The average Bonchev–Trinajstić information content (AvgIpc) is 2.97. The molecule has 0 radical (unpaired) electrons. The number of nitrogens with one attached hydrogen (secondary N) is 3. The highest BCUT2D eigenvalue weighted by Gasteiger charge is 2.13. The summed E-state index contributed by atoms with van der Waals surface area (Å²) in [6, 6.07) is 6.65. The summed E-state index contributed by atoms with van der Waals surface area (Å²) in [4.78, 5) is 28.2. The number of rotatable bonds is 5. The summed E-state index contributed by atoms with van der Waals surface area (Å²) < 4.78 is 0. The maximum Gasteiger partial charge on any atom is 0.319 e. The molecule has 130 valence electrons. The summed E-state index contributed by atoms with van der Waals surface area (Å²) in [5, 5.41) is 10.5. The van der Waals surface area contributed by atoms with Crippen LogP contribution in [-0.2, 0) is 6.54 Å². The number of para-hydroxylation sites is 2. The fourth-order valence-electron chi connectivity index (χ4n) is 1.82. The predicted molar refractivity (Wildman–Crippen MR) is 98.9 cm³/mol. The van der Waals surface area contributed by atoms with Crippen molar-refractivity contribution in [2.45, 2.75) is 26.4 Å². The van der Waals surface area contributed by atoms with E-state index in [0.717, 1.165) is 0 Å². The van der Waals surface area contributed by atoms with Crippen molar-refractivity contribution < 1.29 is 9.59 Å². The highest BCUT2D eigenvalue weighted by Crippen LogP contribution is 2.22. The van der Waals surface area contributed by atoms with Gasteiger partial charge in [-0.05, 0) is 26.0 Å². The minimum atomic E-state index is -0.348. The van der Waals surface area contributed by atoms with Crippen LogP contribution in [0.25, 0.3) is 0 Å². The van der Waals surface area contributed by atoms with Gasteiger partial charge in [0.05, 0.1) is 11.4 Å². The Morgan fingerprint density at radius 3 is 2.38 bits per heavy atom. The molecule has 1 heterocycles. The number of carbonyl (C=O) groups excluding carboxylic acids is 2. The third kappa shape index (κ3) is 5.48. The molecule has 0 fully saturated rings. The van der Waals surface area contributed by atoms with E-state index in [1.54, 1.807) is 29.6 Å². The van der Waals surface area contributed by atoms with Gasteiger partial charge in [-0.25, -0.2) is 9.78 Å². The summed E-state index contributed by atoms with van der Waals surface area (Å²) in [6.07, 6.45) is 0. The Labute approximate surface area is 150 Å². The number of anilines is 2. The number of hydrogen-bond acceptors (Lipinski definition) is 5. The number of halogens is 1. The number of carbonyl (C=O) groups is 2. The van der Waals surface area contributed by atoms with Gasteiger partial charge in [0, 0.05) is 18.0 Å². The van der Waals surface area contributed by atoms with Crippen LogP contribution in [0.3, 0.4) is 0 Å². The van der Waals surface area contributed by atoms with Crippen molar-refractivity contribution in [1.29, 1.82) is 0 Å². The number of urea groups is 1. The van der Waals surface area contributed by atoms with Gasteiger partial charge in [-0.3, -0.25) is 4.79 Å². The second-order valence-electron chi connectivity index (χ2n) is 5.08. The minimum Gasteiger partial charge on any atom is -0.336 e. The third-order valence-corrected chi connectivity index (χ3v) is 3.67. The van der Waals surface area contributed by atoms with Crippen LogP contribution < -0.4 is 21.7 Å². The standard InChI is InChI=1S/C15H19N5O2S.ClH/c1-9(2)17-15(22)20-11-6-4-3-5-10(11)19-14(21)12-8-23-13(7-16)18-12;/h3-6,8-9H,7,16H2,1-2H3,(H,19,21)(H2,17,20,22);1H. The molecule has 9 heteroatoms. The molecule has 24 heavy (non-hydrogen) atoms. The Morgan fingerprint density at radius 1 is 1.21 bits per heavy atom. The minimum absolute atomic E-state index is 0. The molecule has 0 bridgehead atoms. The zero-order valence-corrected chi connectivity index (χ0v) is 15.0. The van der Waals surface area contributed by atoms with E-state index in [1.165, 1.54) is 11.3 Å². The van der Waals surface area contributed by atoms with E-state index < -0.39 is 0 Å². The van der Waals surface area contributed by atoms with Crippen LogP contribution in [0.1, 0.15) is 29.3 Å². The summed E-state index contributed by atoms with van der Waals surface area (Å²) in [5.41, 5.74) is 6.81. The van der Waals surface area contributed by atoms with Gasteiger partial charge in [0.25, 0.3) is 5.91 Å². The maximum absolute atomic E-state index is 12.2. The van der Waals surface area contributed by atoms with Crippen molar-refractivity contribution in [2.24, 2.45) is 5.73 Å². The second-order valence-corrected chi connectivity index (χ2v) is 6.03. The number of nitrogens with zero attached hydrogens (tertiary/aromatic N) is 1. The zero-order valence-electron chi connectivity index (χ0n) is 13.3. The van der Waals surface area contributed by atoms with E-state index >= 15 is 0 Å². The molecule has 1 aromatic heterocycles. The molecule has 0 atom stereocenters. The molecule has 0 aliphatic carbocycles. The number of thiazole rings is 1. The largest absolute Gasteiger partial charge is 0.336 e. The zero-order chi connectivity index (χ0) is 16.8. The van der Waals surface area contributed by atoms with Gasteiger partial charge in [0.15, 0.2) is 0 Å². The summed E-state index contributed by atoms with van der Waals surface area (Å²) in [6.45, 7) is 4.03.